The van der Waals surface area contributed by atoms with Crippen LogP contribution in [0, 0.1) is 12.8 Å². The number of aryl methyl sites for hydroxylation is 1. The Morgan fingerprint density at radius 3 is 2.52 bits per heavy atom. The van der Waals surface area contributed by atoms with Gasteiger partial charge in [0.1, 0.15) is 5.82 Å². The maximum Gasteiger partial charge on any atom is 0.255 e. The first-order valence-corrected chi connectivity index (χ1v) is 9.82. The van der Waals surface area contributed by atoms with E-state index in [0.717, 1.165) is 56.2 Å². The molecule has 1 N–H and O–H groups in total. The molecule has 1 aliphatic heterocycles. The molecule has 0 radical (unpaired) electrons. The van der Waals surface area contributed by atoms with Crippen LogP contribution in [0.2, 0.25) is 0 Å². The molecule has 144 valence electrons. The van der Waals surface area contributed by atoms with Gasteiger partial charge in [-0.3, -0.25) is 4.79 Å². The number of pyridine rings is 1. The van der Waals surface area contributed by atoms with Gasteiger partial charge in [0.05, 0.1) is 11.9 Å². The van der Waals surface area contributed by atoms with Crippen LogP contribution in [0.5, 0.6) is 0 Å². The van der Waals surface area contributed by atoms with Crippen molar-refractivity contribution in [2.75, 3.05) is 42.9 Å². The molecular weight excluding hydrogens is 336 g/mol. The van der Waals surface area contributed by atoms with E-state index in [-0.39, 0.29) is 5.91 Å². The molecule has 1 saturated heterocycles. The summed E-state index contributed by atoms with van der Waals surface area (Å²) in [5, 5.41) is 2.92. The van der Waals surface area contributed by atoms with Crippen molar-refractivity contribution in [3.63, 3.8) is 0 Å². The van der Waals surface area contributed by atoms with Crippen LogP contribution in [-0.4, -0.2) is 48.5 Å². The number of anilines is 2. The van der Waals surface area contributed by atoms with Crippen molar-refractivity contribution >= 4 is 17.4 Å². The number of nitrogens with zero attached hydrogens (tertiary/aromatic N) is 3. The summed E-state index contributed by atoms with van der Waals surface area (Å²) in [7, 11) is 0. The predicted octanol–water partition coefficient (Wildman–Crippen LogP) is 3.81. The van der Waals surface area contributed by atoms with Gasteiger partial charge in [-0.25, -0.2) is 4.98 Å². The lowest BCUT2D eigenvalue weighted by atomic mass is 10.1. The highest BCUT2D eigenvalue weighted by Gasteiger charge is 2.16. The molecule has 0 aliphatic carbocycles. The molecule has 5 heteroatoms. The van der Waals surface area contributed by atoms with Crippen molar-refractivity contribution in [2.24, 2.45) is 5.92 Å². The average molecular weight is 367 g/mol. The van der Waals surface area contributed by atoms with E-state index in [1.54, 1.807) is 6.20 Å². The third kappa shape index (κ3) is 5.54. The fourth-order valence-corrected chi connectivity index (χ4v) is 3.45. The molecule has 0 unspecified atom stereocenters. The quantitative estimate of drug-likeness (QED) is 0.874. The van der Waals surface area contributed by atoms with Gasteiger partial charge in [0.2, 0.25) is 0 Å². The molecule has 5 nitrogen and oxygen atoms in total. The number of aromatic nitrogens is 1. The summed E-state index contributed by atoms with van der Waals surface area (Å²) in [5.41, 5.74) is 2.52. The summed E-state index contributed by atoms with van der Waals surface area (Å²) in [5.74, 6) is 1.57. The Hall–Kier alpha value is -2.40. The maximum atomic E-state index is 12.3. The van der Waals surface area contributed by atoms with Gasteiger partial charge >= 0.3 is 0 Å². The smallest absolute Gasteiger partial charge is 0.255 e. The minimum absolute atomic E-state index is 0.108. The molecule has 0 atom stereocenters. The predicted molar refractivity (Wildman–Crippen MR) is 111 cm³/mol. The second-order valence-electron chi connectivity index (χ2n) is 7.76. The highest BCUT2D eigenvalue weighted by atomic mass is 16.1. The van der Waals surface area contributed by atoms with Crippen LogP contribution in [0.3, 0.4) is 0 Å². The number of amides is 1. The van der Waals surface area contributed by atoms with Crippen molar-refractivity contribution in [1.82, 2.24) is 9.88 Å². The van der Waals surface area contributed by atoms with Gasteiger partial charge < -0.3 is 15.1 Å². The lowest BCUT2D eigenvalue weighted by molar-refractivity contribution is 0.102. The van der Waals surface area contributed by atoms with E-state index in [4.69, 9.17) is 0 Å². The third-order valence-corrected chi connectivity index (χ3v) is 4.86. The zero-order valence-electron chi connectivity index (χ0n) is 16.6. The molecular formula is C22H30N4O. The van der Waals surface area contributed by atoms with Crippen molar-refractivity contribution in [3.8, 4) is 0 Å². The molecule has 2 aromatic rings. The van der Waals surface area contributed by atoms with Crippen LogP contribution < -0.4 is 10.2 Å². The minimum atomic E-state index is -0.108. The van der Waals surface area contributed by atoms with E-state index in [1.807, 2.05) is 43.3 Å². The van der Waals surface area contributed by atoms with Gasteiger partial charge in [-0.1, -0.05) is 31.5 Å². The van der Waals surface area contributed by atoms with Gasteiger partial charge in [-0.2, -0.15) is 0 Å². The van der Waals surface area contributed by atoms with E-state index >= 15 is 0 Å². The topological polar surface area (TPSA) is 48.5 Å². The molecule has 0 saturated carbocycles. The second-order valence-corrected chi connectivity index (χ2v) is 7.76. The first-order valence-electron chi connectivity index (χ1n) is 9.82. The number of carbonyl (C=O) groups is 1. The molecule has 1 aromatic heterocycles. The molecule has 3 rings (SSSR count). The van der Waals surface area contributed by atoms with Gasteiger partial charge in [0, 0.05) is 31.7 Å². The van der Waals surface area contributed by atoms with Gasteiger partial charge in [-0.05, 0) is 50.1 Å². The summed E-state index contributed by atoms with van der Waals surface area (Å²) in [4.78, 5) is 21.8. The molecule has 1 aromatic carbocycles. The Bertz CT molecular complexity index is 740. The first kappa shape index (κ1) is 19.4. The van der Waals surface area contributed by atoms with Crippen LogP contribution in [0.25, 0.3) is 0 Å². The fourth-order valence-electron chi connectivity index (χ4n) is 3.45. The van der Waals surface area contributed by atoms with E-state index in [2.05, 4.69) is 33.9 Å². The lowest BCUT2D eigenvalue weighted by Gasteiger charge is -2.23. The molecule has 1 amide bonds. The highest BCUT2D eigenvalue weighted by Crippen LogP contribution is 2.17. The maximum absolute atomic E-state index is 12.3. The summed E-state index contributed by atoms with van der Waals surface area (Å²) < 4.78 is 0. The third-order valence-electron chi connectivity index (χ3n) is 4.86. The zero-order valence-corrected chi connectivity index (χ0v) is 16.6. The highest BCUT2D eigenvalue weighted by molar-refractivity contribution is 6.04. The average Bonchev–Trinajstić information content (AvgIpc) is 2.88. The number of benzene rings is 1. The number of hydrogen-bond donors (Lipinski definition) is 1. The minimum Gasteiger partial charge on any atom is -0.355 e. The van der Waals surface area contributed by atoms with E-state index in [9.17, 15) is 4.79 Å². The molecule has 0 bridgehead atoms. The van der Waals surface area contributed by atoms with E-state index in [1.165, 1.54) is 0 Å². The monoisotopic (exact) mass is 366 g/mol. The van der Waals surface area contributed by atoms with Gasteiger partial charge in [-0.15, -0.1) is 0 Å². The van der Waals surface area contributed by atoms with Crippen molar-refractivity contribution in [3.05, 3.63) is 53.7 Å². The largest absolute Gasteiger partial charge is 0.355 e. The Kier molecular flexibility index (Phi) is 6.45. The lowest BCUT2D eigenvalue weighted by Crippen LogP contribution is -2.33. The Morgan fingerprint density at radius 2 is 1.85 bits per heavy atom. The number of rotatable bonds is 5. The summed E-state index contributed by atoms with van der Waals surface area (Å²) >= 11 is 0. The van der Waals surface area contributed by atoms with Crippen LogP contribution >= 0.6 is 0 Å². The van der Waals surface area contributed by atoms with Gasteiger partial charge in [0.15, 0.2) is 0 Å². The Balaban J connectivity index is 1.58. The molecule has 0 spiro atoms. The second kappa shape index (κ2) is 9.00. The zero-order chi connectivity index (χ0) is 19.2. The van der Waals surface area contributed by atoms with Crippen LogP contribution in [0.1, 0.15) is 36.2 Å². The van der Waals surface area contributed by atoms with Crippen LogP contribution in [0.4, 0.5) is 11.5 Å². The number of hydrogen-bond acceptors (Lipinski definition) is 4. The van der Waals surface area contributed by atoms with E-state index in [0.29, 0.717) is 11.5 Å². The molecule has 1 fully saturated rings. The molecule has 2 heterocycles. The number of carbonyl (C=O) groups excluding carboxylic acids is 1. The normalized spacial score (nSPS) is 15.6. The van der Waals surface area contributed by atoms with Crippen molar-refractivity contribution in [1.29, 1.82) is 0 Å². The Labute approximate surface area is 162 Å². The van der Waals surface area contributed by atoms with Crippen LogP contribution in [-0.2, 0) is 0 Å². The molecule has 1 aliphatic rings. The molecule has 27 heavy (non-hydrogen) atoms. The standard InChI is InChI=1S/C22H30N4O/c1-17(2)16-25-11-4-12-26(14-13-25)21-10-9-20(15-23-21)24-22(27)19-7-5-18(3)6-8-19/h5-10,15,17H,4,11-14,16H2,1-3H3,(H,24,27). The summed E-state index contributed by atoms with van der Waals surface area (Å²) in [6.07, 6.45) is 2.90. The summed E-state index contributed by atoms with van der Waals surface area (Å²) in [6, 6.07) is 11.5. The first-order chi connectivity index (χ1) is 13.0. The van der Waals surface area contributed by atoms with Crippen molar-refractivity contribution in [2.45, 2.75) is 27.2 Å². The Morgan fingerprint density at radius 1 is 1.07 bits per heavy atom. The van der Waals surface area contributed by atoms with Gasteiger partial charge in [0.25, 0.3) is 5.91 Å². The SMILES string of the molecule is Cc1ccc(C(=O)Nc2ccc(N3CCCN(CC(C)C)CC3)nc2)cc1. The van der Waals surface area contributed by atoms with Crippen molar-refractivity contribution < 1.29 is 4.79 Å². The fraction of sp³-hybridized carbons (Fsp3) is 0.455. The summed E-state index contributed by atoms with van der Waals surface area (Å²) in [6.45, 7) is 12.0. The van der Waals surface area contributed by atoms with Crippen LogP contribution in [0.15, 0.2) is 42.6 Å². The van der Waals surface area contributed by atoms with E-state index < -0.39 is 0 Å². The number of nitrogens with one attached hydrogen (secondary N) is 1.